The number of alkyl halides is 2. The summed E-state index contributed by atoms with van der Waals surface area (Å²) in [5.41, 5.74) is 3.91. The Labute approximate surface area is 223 Å². The normalized spacial score (nSPS) is 14.4. The smallest absolute Gasteiger partial charge is 0.274 e. The number of nitrogens with zero attached hydrogens (tertiary/aromatic N) is 3. The Bertz CT molecular complexity index is 1310. The van der Waals surface area contributed by atoms with Crippen LogP contribution in [0.5, 0.6) is 0 Å². The Balaban J connectivity index is 0.000000336. The van der Waals surface area contributed by atoms with E-state index in [4.69, 9.17) is 5.26 Å². The van der Waals surface area contributed by atoms with E-state index in [1.807, 2.05) is 18.2 Å². The van der Waals surface area contributed by atoms with Gasteiger partial charge in [-0.15, -0.1) is 0 Å². The number of fused-ring (bicyclic) bond motifs is 1. The molecule has 1 aliphatic carbocycles. The van der Waals surface area contributed by atoms with Crippen molar-refractivity contribution in [3.05, 3.63) is 59.5 Å². The van der Waals surface area contributed by atoms with E-state index in [9.17, 15) is 18.4 Å². The molecule has 1 fully saturated rings. The van der Waals surface area contributed by atoms with Gasteiger partial charge in [-0.3, -0.25) is 14.6 Å². The van der Waals surface area contributed by atoms with E-state index in [1.165, 1.54) is 23.2 Å². The molecule has 1 aliphatic rings. The summed E-state index contributed by atoms with van der Waals surface area (Å²) in [5.74, 6) is -2.70. The van der Waals surface area contributed by atoms with Gasteiger partial charge in [0.15, 0.2) is 0 Å². The number of halogens is 2. The molecule has 0 aliphatic heterocycles. The molecule has 0 spiro atoms. The van der Waals surface area contributed by atoms with Gasteiger partial charge < -0.3 is 9.88 Å². The third-order valence-electron chi connectivity index (χ3n) is 7.01. The lowest BCUT2D eigenvalue weighted by atomic mass is 9.78. The van der Waals surface area contributed by atoms with E-state index in [-0.39, 0.29) is 36.1 Å². The zero-order valence-corrected chi connectivity index (χ0v) is 22.6. The zero-order valence-electron chi connectivity index (χ0n) is 22.6. The van der Waals surface area contributed by atoms with Crippen molar-refractivity contribution >= 4 is 28.3 Å². The predicted octanol–water partition coefficient (Wildman–Crippen LogP) is 7.39. The molecule has 2 aromatic heterocycles. The number of aromatic nitrogens is 2. The first kappa shape index (κ1) is 29.0. The minimum atomic E-state index is -2.55. The van der Waals surface area contributed by atoms with Gasteiger partial charge in [-0.2, -0.15) is 5.26 Å². The first-order chi connectivity index (χ1) is 18.1. The maximum atomic E-state index is 12.6. The number of pyridine rings is 1. The number of amides is 1. The van der Waals surface area contributed by atoms with Gasteiger partial charge in [0, 0.05) is 61.2 Å². The molecule has 1 amide bonds. The SMILES string of the molecule is CCC(=O)C1CC(F)(F)C1.CCCC(CCC)c1cn(C)c2ccc(NC(=O)c3cc(C#N)ccn3)cc12. The summed E-state index contributed by atoms with van der Waals surface area (Å²) in [6.45, 7) is 6.16. The zero-order chi connectivity index (χ0) is 27.9. The summed E-state index contributed by atoms with van der Waals surface area (Å²) in [6, 6.07) is 11.1. The fourth-order valence-corrected chi connectivity index (χ4v) is 4.97. The molecule has 3 aromatic rings. The van der Waals surface area contributed by atoms with Crippen LogP contribution in [0.25, 0.3) is 10.9 Å². The molecule has 0 saturated heterocycles. The lowest BCUT2D eigenvalue weighted by molar-refractivity contribution is -0.147. The average Bonchev–Trinajstić information content (AvgIpc) is 3.22. The molecule has 0 unspecified atom stereocenters. The number of hydrogen-bond acceptors (Lipinski definition) is 4. The highest BCUT2D eigenvalue weighted by molar-refractivity contribution is 6.04. The fraction of sp³-hybridized carbons (Fsp3) is 0.467. The first-order valence-corrected chi connectivity index (χ1v) is 13.3. The number of rotatable bonds is 9. The van der Waals surface area contributed by atoms with Gasteiger partial charge in [0.1, 0.15) is 11.5 Å². The molecule has 0 radical (unpaired) electrons. The van der Waals surface area contributed by atoms with Gasteiger partial charge >= 0.3 is 0 Å². The summed E-state index contributed by atoms with van der Waals surface area (Å²) >= 11 is 0. The first-order valence-electron chi connectivity index (χ1n) is 13.3. The van der Waals surface area contributed by atoms with E-state index in [0.717, 1.165) is 36.9 Å². The molecule has 1 saturated carbocycles. The third kappa shape index (κ3) is 7.03. The quantitative estimate of drug-likeness (QED) is 0.317. The second-order valence-electron chi connectivity index (χ2n) is 9.98. The van der Waals surface area contributed by atoms with Crippen molar-refractivity contribution in [3.63, 3.8) is 0 Å². The van der Waals surface area contributed by atoms with Crippen LogP contribution in [0.1, 0.15) is 93.3 Å². The standard InChI is InChI=1S/C23H26N4O.C7H10F2O/c1-4-6-17(7-5-2)20-15-27(3)22-9-8-18(13-19(20)22)26-23(28)21-12-16(14-24)10-11-25-21;1-2-6(10)5-3-7(8,9)4-5/h8-13,15,17H,4-7H2,1-3H3,(H,26,28);5H,2-4H2,1H3. The van der Waals surface area contributed by atoms with Crippen molar-refractivity contribution in [2.75, 3.05) is 5.32 Å². The predicted molar refractivity (Wildman–Crippen MR) is 145 cm³/mol. The number of aryl methyl sites for hydroxylation is 1. The maximum absolute atomic E-state index is 12.6. The molecule has 1 aromatic carbocycles. The van der Waals surface area contributed by atoms with Gasteiger partial charge in [-0.1, -0.05) is 33.6 Å². The van der Waals surface area contributed by atoms with Crippen LogP contribution in [0.15, 0.2) is 42.7 Å². The lowest BCUT2D eigenvalue weighted by Crippen LogP contribution is -2.39. The van der Waals surface area contributed by atoms with Gasteiger partial charge in [-0.25, -0.2) is 8.78 Å². The molecule has 8 heteroatoms. The Hall–Kier alpha value is -3.60. The van der Waals surface area contributed by atoms with Gasteiger partial charge in [0.2, 0.25) is 5.92 Å². The number of benzene rings is 1. The number of anilines is 1. The summed E-state index contributed by atoms with van der Waals surface area (Å²) in [7, 11) is 2.07. The van der Waals surface area contributed by atoms with Gasteiger partial charge in [0.05, 0.1) is 11.6 Å². The summed E-state index contributed by atoms with van der Waals surface area (Å²) < 4.78 is 26.4. The Morgan fingerprint density at radius 3 is 2.42 bits per heavy atom. The molecule has 38 heavy (non-hydrogen) atoms. The van der Waals surface area contributed by atoms with Gasteiger partial charge in [-0.05, 0) is 54.7 Å². The number of carbonyl (C=O) groups is 2. The van der Waals surface area contributed by atoms with Crippen LogP contribution in [0.4, 0.5) is 14.5 Å². The van der Waals surface area contributed by atoms with Crippen molar-refractivity contribution in [1.29, 1.82) is 5.26 Å². The molecule has 0 bridgehead atoms. The lowest BCUT2D eigenvalue weighted by Gasteiger charge is -2.33. The highest BCUT2D eigenvalue weighted by Gasteiger charge is 2.47. The van der Waals surface area contributed by atoms with E-state index in [2.05, 4.69) is 48.0 Å². The molecule has 2 heterocycles. The maximum Gasteiger partial charge on any atom is 0.274 e. The Morgan fingerprint density at radius 2 is 1.84 bits per heavy atom. The average molecular weight is 523 g/mol. The monoisotopic (exact) mass is 522 g/mol. The van der Waals surface area contributed by atoms with Crippen molar-refractivity contribution in [3.8, 4) is 6.07 Å². The van der Waals surface area contributed by atoms with Crippen molar-refractivity contribution in [2.24, 2.45) is 13.0 Å². The van der Waals surface area contributed by atoms with Crippen LogP contribution in [0.3, 0.4) is 0 Å². The Morgan fingerprint density at radius 1 is 1.16 bits per heavy atom. The van der Waals surface area contributed by atoms with Crippen LogP contribution in [-0.2, 0) is 11.8 Å². The largest absolute Gasteiger partial charge is 0.350 e. The number of ketones is 1. The van der Waals surface area contributed by atoms with Crippen LogP contribution >= 0.6 is 0 Å². The number of carbonyl (C=O) groups excluding carboxylic acids is 2. The molecule has 1 N–H and O–H groups in total. The molecule has 202 valence electrons. The Kier molecular flexibility index (Phi) is 9.73. The van der Waals surface area contributed by atoms with Gasteiger partial charge in [0.25, 0.3) is 5.91 Å². The van der Waals surface area contributed by atoms with E-state index >= 15 is 0 Å². The van der Waals surface area contributed by atoms with E-state index in [0.29, 0.717) is 17.9 Å². The highest BCUT2D eigenvalue weighted by Crippen LogP contribution is 2.43. The molecule has 0 atom stereocenters. The number of Topliss-reactive ketones (excluding diaryl/α,β-unsaturated/α-hetero) is 1. The molecular weight excluding hydrogens is 486 g/mol. The van der Waals surface area contributed by atoms with Crippen LogP contribution in [-0.4, -0.2) is 27.2 Å². The van der Waals surface area contributed by atoms with Crippen molar-refractivity contribution < 1.29 is 18.4 Å². The number of nitrogens with one attached hydrogen (secondary N) is 1. The molecule has 6 nitrogen and oxygen atoms in total. The van der Waals surface area contributed by atoms with Crippen molar-refractivity contribution in [1.82, 2.24) is 9.55 Å². The highest BCUT2D eigenvalue weighted by atomic mass is 19.3. The topological polar surface area (TPSA) is 87.8 Å². The number of hydrogen-bond donors (Lipinski definition) is 1. The fourth-order valence-electron chi connectivity index (χ4n) is 4.97. The summed E-state index contributed by atoms with van der Waals surface area (Å²) in [6.07, 6.45) is 8.27. The minimum absolute atomic E-state index is 0.0223. The van der Waals surface area contributed by atoms with E-state index in [1.54, 1.807) is 13.0 Å². The van der Waals surface area contributed by atoms with Crippen LogP contribution in [0.2, 0.25) is 0 Å². The van der Waals surface area contributed by atoms with Crippen LogP contribution < -0.4 is 5.32 Å². The van der Waals surface area contributed by atoms with Crippen LogP contribution in [0, 0.1) is 17.2 Å². The second-order valence-corrected chi connectivity index (χ2v) is 9.98. The second kappa shape index (κ2) is 12.8. The molecular formula is C30H36F2N4O2. The summed E-state index contributed by atoms with van der Waals surface area (Å²) in [4.78, 5) is 27.4. The third-order valence-corrected chi connectivity index (χ3v) is 7.01. The summed E-state index contributed by atoms with van der Waals surface area (Å²) in [5, 5.41) is 13.1. The minimum Gasteiger partial charge on any atom is -0.350 e. The molecule has 4 rings (SSSR count). The number of nitriles is 1. The van der Waals surface area contributed by atoms with Crippen molar-refractivity contribution in [2.45, 2.75) is 77.6 Å². The van der Waals surface area contributed by atoms with E-state index < -0.39 is 5.92 Å².